The average Bonchev–Trinajstić information content (AvgIpc) is 3.19. The lowest BCUT2D eigenvalue weighted by atomic mass is 9.92. The maximum absolute atomic E-state index is 11.9. The number of carbonyl (C=O) groups is 1. The number of guanidine groups is 1. The van der Waals surface area contributed by atoms with Gasteiger partial charge in [-0.25, -0.2) is 0 Å². The zero-order valence-corrected chi connectivity index (χ0v) is 19.5. The first kappa shape index (κ1) is 23.5. The van der Waals surface area contributed by atoms with Crippen molar-refractivity contribution in [2.45, 2.75) is 39.7 Å². The van der Waals surface area contributed by atoms with E-state index in [0.717, 1.165) is 13.1 Å². The highest BCUT2D eigenvalue weighted by molar-refractivity contribution is 14.0. The lowest BCUT2D eigenvalue weighted by molar-refractivity contribution is -0.128. The molecule has 3 N–H and O–H groups in total. The van der Waals surface area contributed by atoms with E-state index in [-0.39, 0.29) is 35.9 Å². The van der Waals surface area contributed by atoms with E-state index < -0.39 is 5.41 Å². The molecule has 1 unspecified atom stereocenters. The van der Waals surface area contributed by atoms with Crippen LogP contribution >= 0.6 is 24.0 Å². The Morgan fingerprint density at radius 1 is 1.30 bits per heavy atom. The highest BCUT2D eigenvalue weighted by atomic mass is 127. The summed E-state index contributed by atoms with van der Waals surface area (Å²) in [6, 6.07) is 8.81. The van der Waals surface area contributed by atoms with Crippen molar-refractivity contribution in [1.29, 1.82) is 0 Å². The largest absolute Gasteiger partial charge is 0.372 e. The third kappa shape index (κ3) is 6.55. The van der Waals surface area contributed by atoms with Gasteiger partial charge in [-0.2, -0.15) is 0 Å². The Morgan fingerprint density at radius 3 is 2.56 bits per heavy atom. The molecular formula is C20H34IN5O. The molecule has 0 bridgehead atoms. The second-order valence-corrected chi connectivity index (χ2v) is 7.54. The van der Waals surface area contributed by atoms with E-state index in [1.165, 1.54) is 24.1 Å². The summed E-state index contributed by atoms with van der Waals surface area (Å²) in [5.41, 5.74) is 2.01. The van der Waals surface area contributed by atoms with Gasteiger partial charge in [0.15, 0.2) is 5.96 Å². The van der Waals surface area contributed by atoms with Crippen LogP contribution in [0.4, 0.5) is 5.69 Å². The molecule has 1 aromatic rings. The van der Waals surface area contributed by atoms with Gasteiger partial charge in [0, 0.05) is 39.4 Å². The highest BCUT2D eigenvalue weighted by Crippen LogP contribution is 2.24. The van der Waals surface area contributed by atoms with E-state index in [9.17, 15) is 4.79 Å². The Morgan fingerprint density at radius 2 is 1.96 bits per heavy atom. The smallest absolute Gasteiger partial charge is 0.227 e. The normalized spacial score (nSPS) is 15.7. The number of hydrogen-bond donors (Lipinski definition) is 3. The van der Waals surface area contributed by atoms with Crippen LogP contribution < -0.4 is 20.9 Å². The zero-order chi connectivity index (χ0) is 19.2. The van der Waals surface area contributed by atoms with Gasteiger partial charge in [0.2, 0.25) is 5.91 Å². The minimum atomic E-state index is -0.509. The number of amides is 1. The number of aliphatic imine (C=N–C) groups is 1. The second kappa shape index (κ2) is 10.7. The van der Waals surface area contributed by atoms with Gasteiger partial charge in [0.25, 0.3) is 0 Å². The molecule has 0 spiro atoms. The molecular weight excluding hydrogens is 453 g/mol. The van der Waals surface area contributed by atoms with E-state index in [1.807, 2.05) is 13.8 Å². The van der Waals surface area contributed by atoms with Crippen LogP contribution in [0.5, 0.6) is 0 Å². The van der Waals surface area contributed by atoms with Gasteiger partial charge in [-0.1, -0.05) is 12.1 Å². The van der Waals surface area contributed by atoms with Crippen molar-refractivity contribution in [2.24, 2.45) is 10.4 Å². The highest BCUT2D eigenvalue weighted by Gasteiger charge is 2.26. The summed E-state index contributed by atoms with van der Waals surface area (Å²) in [5, 5.41) is 9.38. The summed E-state index contributed by atoms with van der Waals surface area (Å²) in [5.74, 6) is 0.702. The molecule has 0 saturated carbocycles. The average molecular weight is 487 g/mol. The third-order valence-corrected chi connectivity index (χ3v) is 4.96. The van der Waals surface area contributed by atoms with Crippen molar-refractivity contribution in [3.8, 4) is 0 Å². The molecule has 1 aliphatic heterocycles. The molecule has 1 heterocycles. The lowest BCUT2D eigenvalue weighted by Gasteiger charge is -2.26. The Balaban J connectivity index is 0.00000364. The number of rotatable bonds is 6. The molecule has 2 rings (SSSR count). The lowest BCUT2D eigenvalue weighted by Crippen LogP contribution is -2.47. The Bertz CT molecular complexity index is 641. The molecule has 7 heteroatoms. The molecule has 1 saturated heterocycles. The summed E-state index contributed by atoms with van der Waals surface area (Å²) < 4.78 is 0. The first-order valence-electron chi connectivity index (χ1n) is 9.41. The fourth-order valence-electron chi connectivity index (χ4n) is 3.17. The van der Waals surface area contributed by atoms with Crippen molar-refractivity contribution in [3.05, 3.63) is 29.8 Å². The van der Waals surface area contributed by atoms with Crippen LogP contribution in [0.3, 0.4) is 0 Å². The summed E-state index contributed by atoms with van der Waals surface area (Å²) >= 11 is 0. The molecule has 6 nitrogen and oxygen atoms in total. The number of anilines is 1. The molecule has 1 fully saturated rings. The van der Waals surface area contributed by atoms with Crippen LogP contribution in [-0.4, -0.2) is 45.6 Å². The minimum Gasteiger partial charge on any atom is -0.372 e. The quantitative estimate of drug-likeness (QED) is 0.328. The molecule has 152 valence electrons. The van der Waals surface area contributed by atoms with Gasteiger partial charge in [-0.15, -0.1) is 24.0 Å². The van der Waals surface area contributed by atoms with Crippen molar-refractivity contribution in [1.82, 2.24) is 16.0 Å². The molecule has 1 amide bonds. The van der Waals surface area contributed by atoms with Gasteiger partial charge in [-0.3, -0.25) is 9.79 Å². The number of nitrogens with zero attached hydrogens (tertiary/aromatic N) is 2. The monoisotopic (exact) mass is 487 g/mol. The number of benzene rings is 1. The van der Waals surface area contributed by atoms with Gasteiger partial charge in [-0.05, 0) is 51.3 Å². The first-order valence-corrected chi connectivity index (χ1v) is 9.41. The van der Waals surface area contributed by atoms with Gasteiger partial charge in [0.1, 0.15) is 0 Å². The predicted molar refractivity (Wildman–Crippen MR) is 124 cm³/mol. The molecule has 1 aliphatic rings. The summed E-state index contributed by atoms with van der Waals surface area (Å²) in [6.45, 7) is 8.74. The van der Waals surface area contributed by atoms with Crippen LogP contribution in [0.2, 0.25) is 0 Å². The van der Waals surface area contributed by atoms with Crippen molar-refractivity contribution >= 4 is 41.5 Å². The van der Waals surface area contributed by atoms with Crippen molar-refractivity contribution < 1.29 is 4.79 Å². The minimum absolute atomic E-state index is 0. The number of hydrogen-bond acceptors (Lipinski definition) is 3. The number of halogens is 1. The standard InChI is InChI=1S/C20H33N5O.HI/c1-15(16-9-8-10-17(13-16)25-11-6-7-12-25)24-19(22-5)23-14-20(2,3)18(26)21-4;/h8-10,13,15H,6-7,11-12,14H2,1-5H3,(H,21,26)(H2,22,23,24);1H. The van der Waals surface area contributed by atoms with Crippen LogP contribution in [0.15, 0.2) is 29.3 Å². The van der Waals surface area contributed by atoms with Crippen molar-refractivity contribution in [3.63, 3.8) is 0 Å². The van der Waals surface area contributed by atoms with E-state index >= 15 is 0 Å². The predicted octanol–water partition coefficient (Wildman–Crippen LogP) is 2.90. The van der Waals surface area contributed by atoms with Crippen LogP contribution in [0.1, 0.15) is 45.2 Å². The summed E-state index contributed by atoms with van der Waals surface area (Å²) in [6.07, 6.45) is 2.55. The van der Waals surface area contributed by atoms with E-state index in [0.29, 0.717) is 12.5 Å². The number of carbonyl (C=O) groups excluding carboxylic acids is 1. The zero-order valence-electron chi connectivity index (χ0n) is 17.1. The maximum Gasteiger partial charge on any atom is 0.227 e. The molecule has 0 aromatic heterocycles. The fraction of sp³-hybridized carbons (Fsp3) is 0.600. The molecule has 1 atom stereocenters. The van der Waals surface area contributed by atoms with Crippen LogP contribution in [0, 0.1) is 5.41 Å². The Hall–Kier alpha value is -1.51. The van der Waals surface area contributed by atoms with Crippen LogP contribution in [0.25, 0.3) is 0 Å². The summed E-state index contributed by atoms with van der Waals surface area (Å²) in [4.78, 5) is 18.7. The third-order valence-electron chi connectivity index (χ3n) is 4.96. The Kier molecular flexibility index (Phi) is 9.35. The van der Waals surface area contributed by atoms with Gasteiger partial charge in [0.05, 0.1) is 11.5 Å². The summed E-state index contributed by atoms with van der Waals surface area (Å²) in [7, 11) is 3.40. The number of nitrogens with one attached hydrogen (secondary N) is 3. The first-order chi connectivity index (χ1) is 12.4. The maximum atomic E-state index is 11.9. The van der Waals surface area contributed by atoms with E-state index in [2.05, 4.69) is 57.0 Å². The Labute approximate surface area is 180 Å². The topological polar surface area (TPSA) is 68.8 Å². The SMILES string of the molecule is CN=C(NCC(C)(C)C(=O)NC)NC(C)c1cccc(N2CCCC2)c1.I. The fourth-order valence-corrected chi connectivity index (χ4v) is 3.17. The van der Waals surface area contributed by atoms with Crippen molar-refractivity contribution in [2.75, 3.05) is 38.6 Å². The van der Waals surface area contributed by atoms with Gasteiger partial charge < -0.3 is 20.9 Å². The van der Waals surface area contributed by atoms with Crippen LogP contribution in [-0.2, 0) is 4.79 Å². The molecule has 0 aliphatic carbocycles. The van der Waals surface area contributed by atoms with E-state index in [1.54, 1.807) is 14.1 Å². The molecule has 0 radical (unpaired) electrons. The molecule has 27 heavy (non-hydrogen) atoms. The molecule has 1 aromatic carbocycles. The second-order valence-electron chi connectivity index (χ2n) is 7.54. The van der Waals surface area contributed by atoms with E-state index in [4.69, 9.17) is 0 Å². The van der Waals surface area contributed by atoms with Gasteiger partial charge >= 0.3 is 0 Å².